The number of hydrogen-bond donors (Lipinski definition) is 3. The molecule has 0 atom stereocenters. The van der Waals surface area contributed by atoms with Crippen LogP contribution >= 0.6 is 0 Å². The van der Waals surface area contributed by atoms with Gasteiger partial charge in [-0.05, 0) is 41.5 Å². The summed E-state index contributed by atoms with van der Waals surface area (Å²) in [5.74, 6) is -0.220. The van der Waals surface area contributed by atoms with Gasteiger partial charge < -0.3 is 15.4 Å². The average molecular weight is 473 g/mol. The summed E-state index contributed by atoms with van der Waals surface area (Å²) in [6, 6.07) is 12.1. The first-order valence-corrected chi connectivity index (χ1v) is 11.5. The molecule has 0 aliphatic carbocycles. The molecule has 33 heavy (non-hydrogen) atoms. The molecule has 2 amide bonds. The molecule has 0 unspecified atom stereocenters. The van der Waals surface area contributed by atoms with E-state index in [1.807, 2.05) is 12.1 Å². The van der Waals surface area contributed by atoms with Crippen LogP contribution in [0.1, 0.15) is 31.8 Å². The van der Waals surface area contributed by atoms with Gasteiger partial charge in [0, 0.05) is 43.4 Å². The summed E-state index contributed by atoms with van der Waals surface area (Å²) < 4.78 is 31.1. The Kier molecular flexibility index (Phi) is 9.45. The minimum absolute atomic E-state index is 0.284. The Labute approximate surface area is 191 Å². The quantitative estimate of drug-likeness (QED) is 0.441. The van der Waals surface area contributed by atoms with Gasteiger partial charge in [-0.1, -0.05) is 12.1 Å². The minimum atomic E-state index is -3.67. The summed E-state index contributed by atoms with van der Waals surface area (Å²) in [4.78, 5) is 33.1. The maximum absolute atomic E-state index is 12.6. The number of nitrogens with zero attached hydrogens (tertiary/aromatic N) is 2. The minimum Gasteiger partial charge on any atom is -0.496 e. The molecule has 3 N–H and O–H groups in total. The lowest BCUT2D eigenvalue weighted by atomic mass is 10.1. The molecule has 174 valence electrons. The first kappa shape index (κ1) is 25.4. The van der Waals surface area contributed by atoms with E-state index in [0.29, 0.717) is 36.2 Å². The van der Waals surface area contributed by atoms with Crippen LogP contribution in [0, 0.1) is 0 Å². The van der Waals surface area contributed by atoms with Crippen LogP contribution in [0.25, 0.3) is 0 Å². The first-order chi connectivity index (χ1) is 15.7. The number of carbonyl (C=O) groups is 2. The highest BCUT2D eigenvalue weighted by molar-refractivity contribution is 7.85. The SMILES string of the molecule is COc1ccc(C(=O)NCc2cccnc2)cc1C(=O)NCc1cccnc1.CS(=O)(=O)O. The molecular formula is C22H24N4O6S. The third kappa shape index (κ3) is 9.46. The fourth-order valence-electron chi connectivity index (χ4n) is 2.59. The van der Waals surface area contributed by atoms with Crippen molar-refractivity contribution >= 4 is 21.9 Å². The lowest BCUT2D eigenvalue weighted by Crippen LogP contribution is -2.26. The number of ether oxygens (including phenoxy) is 1. The fourth-order valence-corrected chi connectivity index (χ4v) is 2.59. The van der Waals surface area contributed by atoms with Gasteiger partial charge in [0.2, 0.25) is 0 Å². The van der Waals surface area contributed by atoms with Crippen LogP contribution in [-0.4, -0.2) is 48.1 Å². The molecule has 0 aliphatic rings. The maximum Gasteiger partial charge on any atom is 0.261 e. The Bertz CT molecular complexity index is 1160. The van der Waals surface area contributed by atoms with Crippen LogP contribution in [0.3, 0.4) is 0 Å². The van der Waals surface area contributed by atoms with Crippen LogP contribution in [0.5, 0.6) is 5.75 Å². The fraction of sp³-hybridized carbons (Fsp3) is 0.182. The third-order valence-electron chi connectivity index (χ3n) is 4.06. The van der Waals surface area contributed by atoms with Gasteiger partial charge in [0.1, 0.15) is 5.75 Å². The molecule has 0 radical (unpaired) electrons. The van der Waals surface area contributed by atoms with Crippen molar-refractivity contribution < 1.29 is 27.3 Å². The Morgan fingerprint density at radius 3 is 1.91 bits per heavy atom. The molecule has 1 aromatic carbocycles. The molecule has 0 saturated heterocycles. The molecule has 3 rings (SSSR count). The summed E-state index contributed by atoms with van der Waals surface area (Å²) in [5, 5.41) is 5.63. The van der Waals surface area contributed by atoms with Gasteiger partial charge in [-0.15, -0.1) is 0 Å². The zero-order valence-corrected chi connectivity index (χ0v) is 18.9. The van der Waals surface area contributed by atoms with E-state index in [2.05, 4.69) is 20.6 Å². The molecule has 2 aromatic heterocycles. The number of methoxy groups -OCH3 is 1. The monoisotopic (exact) mass is 472 g/mol. The predicted octanol–water partition coefficient (Wildman–Crippen LogP) is 1.85. The van der Waals surface area contributed by atoms with E-state index in [4.69, 9.17) is 9.29 Å². The Balaban J connectivity index is 0.000000696. The molecule has 10 nitrogen and oxygen atoms in total. The topological polar surface area (TPSA) is 148 Å². The van der Waals surface area contributed by atoms with Gasteiger partial charge in [-0.3, -0.25) is 24.1 Å². The number of carbonyl (C=O) groups excluding carboxylic acids is 2. The number of aromatic nitrogens is 2. The van der Waals surface area contributed by atoms with Crippen molar-refractivity contribution in [2.75, 3.05) is 13.4 Å². The van der Waals surface area contributed by atoms with Crippen molar-refractivity contribution in [1.29, 1.82) is 0 Å². The maximum atomic E-state index is 12.6. The molecule has 11 heteroatoms. The van der Waals surface area contributed by atoms with E-state index in [0.717, 1.165) is 11.1 Å². The van der Waals surface area contributed by atoms with E-state index in [-0.39, 0.29) is 11.8 Å². The van der Waals surface area contributed by atoms with Gasteiger partial charge in [-0.2, -0.15) is 8.42 Å². The van der Waals surface area contributed by atoms with Gasteiger partial charge in [-0.25, -0.2) is 0 Å². The molecule has 3 aromatic rings. The van der Waals surface area contributed by atoms with Crippen LogP contribution < -0.4 is 15.4 Å². The second-order valence-electron chi connectivity index (χ2n) is 6.74. The van der Waals surface area contributed by atoms with E-state index in [1.165, 1.54) is 13.2 Å². The van der Waals surface area contributed by atoms with Gasteiger partial charge >= 0.3 is 0 Å². The third-order valence-corrected chi connectivity index (χ3v) is 4.06. The highest BCUT2D eigenvalue weighted by atomic mass is 32.2. The average Bonchev–Trinajstić information content (AvgIpc) is 2.81. The van der Waals surface area contributed by atoms with Gasteiger partial charge in [0.15, 0.2) is 0 Å². The largest absolute Gasteiger partial charge is 0.496 e. The Hall–Kier alpha value is -3.83. The summed E-state index contributed by atoms with van der Waals surface area (Å²) in [7, 11) is -2.19. The van der Waals surface area contributed by atoms with E-state index >= 15 is 0 Å². The van der Waals surface area contributed by atoms with E-state index in [1.54, 1.807) is 49.1 Å². The van der Waals surface area contributed by atoms with E-state index in [9.17, 15) is 18.0 Å². The molecule has 0 spiro atoms. The zero-order chi connectivity index (χ0) is 24.3. The van der Waals surface area contributed by atoms with Crippen molar-refractivity contribution in [3.63, 3.8) is 0 Å². The van der Waals surface area contributed by atoms with Gasteiger partial charge in [0.25, 0.3) is 21.9 Å². The number of amides is 2. The summed E-state index contributed by atoms with van der Waals surface area (Å²) >= 11 is 0. The van der Waals surface area contributed by atoms with Crippen molar-refractivity contribution in [3.8, 4) is 5.75 Å². The highest BCUT2D eigenvalue weighted by Gasteiger charge is 2.16. The van der Waals surface area contributed by atoms with Crippen molar-refractivity contribution in [1.82, 2.24) is 20.6 Å². The molecule has 0 fully saturated rings. The van der Waals surface area contributed by atoms with E-state index < -0.39 is 10.1 Å². The molecule has 2 heterocycles. The first-order valence-electron chi connectivity index (χ1n) is 9.62. The van der Waals surface area contributed by atoms with Crippen LogP contribution in [0.4, 0.5) is 0 Å². The molecular weight excluding hydrogens is 448 g/mol. The Morgan fingerprint density at radius 1 is 0.939 bits per heavy atom. The summed E-state index contributed by atoms with van der Waals surface area (Å²) in [6.07, 6.45) is 7.42. The molecule has 0 saturated carbocycles. The smallest absolute Gasteiger partial charge is 0.261 e. The number of benzene rings is 1. The lowest BCUT2D eigenvalue weighted by Gasteiger charge is -2.12. The zero-order valence-electron chi connectivity index (χ0n) is 18.1. The standard InChI is InChI=1S/C21H20N4O3.CH4O3S/c1-28-19-7-6-17(20(26)24-13-15-4-2-8-22-11-15)10-18(19)21(27)25-14-16-5-3-9-23-12-16;1-5(2,3)4/h2-12H,13-14H2,1H3,(H,24,26)(H,25,27);1H3,(H,2,3,4). The van der Waals surface area contributed by atoms with Crippen LogP contribution in [0.2, 0.25) is 0 Å². The lowest BCUT2D eigenvalue weighted by molar-refractivity contribution is 0.0947. The van der Waals surface area contributed by atoms with Gasteiger partial charge in [0.05, 0.1) is 18.9 Å². The number of rotatable bonds is 7. The molecule has 0 bridgehead atoms. The number of nitrogens with one attached hydrogen (secondary N) is 2. The van der Waals surface area contributed by atoms with Crippen LogP contribution in [-0.2, 0) is 23.2 Å². The Morgan fingerprint density at radius 2 is 1.45 bits per heavy atom. The van der Waals surface area contributed by atoms with Crippen molar-refractivity contribution in [3.05, 3.63) is 89.5 Å². The second kappa shape index (κ2) is 12.3. The highest BCUT2D eigenvalue weighted by Crippen LogP contribution is 2.20. The summed E-state index contributed by atoms with van der Waals surface area (Å²) in [5.41, 5.74) is 2.43. The molecule has 0 aliphatic heterocycles. The normalized spacial score (nSPS) is 10.4. The van der Waals surface area contributed by atoms with Crippen molar-refractivity contribution in [2.24, 2.45) is 0 Å². The number of hydrogen-bond acceptors (Lipinski definition) is 7. The van der Waals surface area contributed by atoms with Crippen molar-refractivity contribution in [2.45, 2.75) is 13.1 Å². The summed E-state index contributed by atoms with van der Waals surface area (Å²) in [6.45, 7) is 0.675. The number of pyridine rings is 2. The predicted molar refractivity (Wildman–Crippen MR) is 121 cm³/mol. The van der Waals surface area contributed by atoms with Crippen LogP contribution in [0.15, 0.2) is 67.3 Å². The second-order valence-corrected chi connectivity index (χ2v) is 8.20.